The third-order valence-corrected chi connectivity index (χ3v) is 5.04. The minimum Gasteiger partial charge on any atom is -0.339 e. The zero-order chi connectivity index (χ0) is 18.9. The van der Waals surface area contributed by atoms with Crippen LogP contribution in [0.1, 0.15) is 11.4 Å². The lowest BCUT2D eigenvalue weighted by Crippen LogP contribution is -2.16. The van der Waals surface area contributed by atoms with Gasteiger partial charge < -0.3 is 5.32 Å². The quantitative estimate of drug-likeness (QED) is 0.627. The third kappa shape index (κ3) is 3.61. The Labute approximate surface area is 147 Å². The topological polar surface area (TPSA) is 113 Å². The van der Waals surface area contributed by atoms with Gasteiger partial charge in [0.1, 0.15) is 4.90 Å². The number of H-pyrrole nitrogens is 1. The van der Waals surface area contributed by atoms with Crippen LogP contribution < -0.4 is 10.0 Å². The van der Waals surface area contributed by atoms with Crippen molar-refractivity contribution in [2.75, 3.05) is 10.0 Å². The summed E-state index contributed by atoms with van der Waals surface area (Å²) in [7, 11) is -3.87. The average Bonchev–Trinajstić information content (AvgIpc) is 2.92. The van der Waals surface area contributed by atoms with Gasteiger partial charge in [-0.05, 0) is 38.1 Å². The summed E-state index contributed by atoms with van der Waals surface area (Å²) in [5, 5.41) is 16.8. The summed E-state index contributed by atoms with van der Waals surface area (Å²) in [5.41, 5.74) is 1.01. The molecule has 3 aromatic rings. The number of benzene rings is 1. The molecule has 0 amide bonds. The first kappa shape index (κ1) is 17.7. The first-order chi connectivity index (χ1) is 12.3. The van der Waals surface area contributed by atoms with Crippen LogP contribution in [0.2, 0.25) is 0 Å². The second-order valence-electron chi connectivity index (χ2n) is 5.43. The van der Waals surface area contributed by atoms with Crippen molar-refractivity contribution in [1.82, 2.24) is 20.4 Å². The van der Waals surface area contributed by atoms with Gasteiger partial charge in [0.15, 0.2) is 23.3 Å². The molecule has 0 saturated carbocycles. The van der Waals surface area contributed by atoms with Crippen LogP contribution in [-0.4, -0.2) is 28.8 Å². The Morgan fingerprint density at radius 2 is 1.69 bits per heavy atom. The lowest BCUT2D eigenvalue weighted by molar-refractivity contribution is 0.509. The summed E-state index contributed by atoms with van der Waals surface area (Å²) in [4.78, 5) is 0.0447. The van der Waals surface area contributed by atoms with Crippen molar-refractivity contribution >= 4 is 27.3 Å². The smallest absolute Gasteiger partial charge is 0.266 e. The van der Waals surface area contributed by atoms with E-state index in [-0.39, 0.29) is 22.2 Å². The normalized spacial score (nSPS) is 11.4. The zero-order valence-electron chi connectivity index (χ0n) is 13.7. The highest BCUT2D eigenvalue weighted by Gasteiger charge is 2.22. The van der Waals surface area contributed by atoms with Gasteiger partial charge in [-0.25, -0.2) is 17.2 Å². The van der Waals surface area contributed by atoms with E-state index < -0.39 is 21.7 Å². The standard InChI is InChI=1S/C15H14F2N6O2S/c1-8-15(9(2)20-19-8)26(24,25)23-14-6-5-13(21-22-14)18-10-3-4-11(16)12(17)7-10/h3-7H,1-2H3,(H,18,21)(H,19,20)(H,22,23). The Kier molecular flexibility index (Phi) is 4.55. The third-order valence-electron chi connectivity index (χ3n) is 3.42. The number of halogens is 2. The van der Waals surface area contributed by atoms with Crippen molar-refractivity contribution in [2.24, 2.45) is 0 Å². The van der Waals surface area contributed by atoms with Gasteiger partial charge in [0, 0.05) is 11.8 Å². The number of rotatable bonds is 5. The van der Waals surface area contributed by atoms with Crippen LogP contribution in [0.15, 0.2) is 35.2 Å². The lowest BCUT2D eigenvalue weighted by Gasteiger charge is -2.08. The molecule has 0 aliphatic heterocycles. The fraction of sp³-hybridized carbons (Fsp3) is 0.133. The van der Waals surface area contributed by atoms with Gasteiger partial charge in [-0.3, -0.25) is 9.82 Å². The number of aromatic nitrogens is 4. The maximum Gasteiger partial charge on any atom is 0.266 e. The molecule has 0 radical (unpaired) electrons. The number of anilines is 3. The molecule has 0 fully saturated rings. The van der Waals surface area contributed by atoms with E-state index >= 15 is 0 Å². The Hall–Kier alpha value is -3.08. The molecule has 3 N–H and O–H groups in total. The lowest BCUT2D eigenvalue weighted by atomic mass is 10.3. The van der Waals surface area contributed by atoms with Gasteiger partial charge in [0.25, 0.3) is 10.0 Å². The summed E-state index contributed by atoms with van der Waals surface area (Å²) in [5.74, 6) is -1.73. The van der Waals surface area contributed by atoms with E-state index in [9.17, 15) is 17.2 Å². The van der Waals surface area contributed by atoms with Gasteiger partial charge in [-0.1, -0.05) is 0 Å². The van der Waals surface area contributed by atoms with Gasteiger partial charge in [-0.2, -0.15) is 5.10 Å². The van der Waals surface area contributed by atoms with Gasteiger partial charge >= 0.3 is 0 Å². The number of hydrogen-bond donors (Lipinski definition) is 3. The molecule has 0 bridgehead atoms. The van der Waals surface area contributed by atoms with Crippen LogP contribution in [-0.2, 0) is 10.0 Å². The Bertz CT molecular complexity index is 1030. The van der Waals surface area contributed by atoms with Gasteiger partial charge in [0.2, 0.25) is 0 Å². The van der Waals surface area contributed by atoms with Crippen molar-refractivity contribution in [3.8, 4) is 0 Å². The van der Waals surface area contributed by atoms with Crippen molar-refractivity contribution in [3.05, 3.63) is 53.4 Å². The SMILES string of the molecule is Cc1n[nH]c(C)c1S(=O)(=O)Nc1ccc(Nc2ccc(F)c(F)c2)nn1. The molecule has 0 saturated heterocycles. The molecule has 1 aromatic carbocycles. The molecule has 8 nitrogen and oxygen atoms in total. The van der Waals surface area contributed by atoms with Crippen LogP contribution in [0.25, 0.3) is 0 Å². The number of nitrogens with zero attached hydrogens (tertiary/aromatic N) is 3. The summed E-state index contributed by atoms with van der Waals surface area (Å²) >= 11 is 0. The van der Waals surface area contributed by atoms with E-state index in [4.69, 9.17) is 0 Å². The molecule has 3 rings (SSSR count). The first-order valence-corrected chi connectivity index (χ1v) is 8.85. The van der Waals surface area contributed by atoms with Crippen LogP contribution in [0, 0.1) is 25.5 Å². The summed E-state index contributed by atoms with van der Waals surface area (Å²) in [6.07, 6.45) is 0. The molecule has 2 heterocycles. The number of nitrogens with one attached hydrogen (secondary N) is 3. The molecule has 2 aromatic heterocycles. The zero-order valence-corrected chi connectivity index (χ0v) is 14.5. The molecule has 0 atom stereocenters. The largest absolute Gasteiger partial charge is 0.339 e. The fourth-order valence-electron chi connectivity index (χ4n) is 2.30. The minimum absolute atomic E-state index is 0.000775. The monoisotopic (exact) mass is 380 g/mol. The molecule has 0 unspecified atom stereocenters. The maximum atomic E-state index is 13.2. The predicted octanol–water partition coefficient (Wildman–Crippen LogP) is 2.64. The molecule has 11 heteroatoms. The van der Waals surface area contributed by atoms with E-state index in [0.717, 1.165) is 12.1 Å². The van der Waals surface area contributed by atoms with Gasteiger partial charge in [0.05, 0.1) is 11.4 Å². The molecule has 0 aliphatic rings. The van der Waals surface area contributed by atoms with E-state index in [1.807, 2.05) is 0 Å². The first-order valence-electron chi connectivity index (χ1n) is 7.36. The van der Waals surface area contributed by atoms with Crippen molar-refractivity contribution < 1.29 is 17.2 Å². The Morgan fingerprint density at radius 1 is 1.00 bits per heavy atom. The molecule has 0 aliphatic carbocycles. The van der Waals surface area contributed by atoms with E-state index in [0.29, 0.717) is 11.4 Å². The van der Waals surface area contributed by atoms with E-state index in [1.54, 1.807) is 13.8 Å². The van der Waals surface area contributed by atoms with Crippen LogP contribution in [0.4, 0.5) is 26.1 Å². The van der Waals surface area contributed by atoms with Gasteiger partial charge in [-0.15, -0.1) is 10.2 Å². The van der Waals surface area contributed by atoms with Crippen molar-refractivity contribution in [2.45, 2.75) is 18.7 Å². The number of aryl methyl sites for hydroxylation is 2. The fourth-order valence-corrected chi connectivity index (χ4v) is 3.67. The maximum absolute atomic E-state index is 13.2. The predicted molar refractivity (Wildman–Crippen MR) is 90.5 cm³/mol. The average molecular weight is 380 g/mol. The second-order valence-corrected chi connectivity index (χ2v) is 7.05. The molecular weight excluding hydrogens is 366 g/mol. The number of aromatic amines is 1. The highest BCUT2D eigenvalue weighted by atomic mass is 32.2. The molecule has 0 spiro atoms. The van der Waals surface area contributed by atoms with Crippen LogP contribution >= 0.6 is 0 Å². The molecule has 136 valence electrons. The highest BCUT2D eigenvalue weighted by molar-refractivity contribution is 7.92. The second kappa shape index (κ2) is 6.67. The minimum atomic E-state index is -3.87. The van der Waals surface area contributed by atoms with E-state index in [1.165, 1.54) is 18.2 Å². The van der Waals surface area contributed by atoms with Crippen LogP contribution in [0.5, 0.6) is 0 Å². The molecule has 26 heavy (non-hydrogen) atoms. The Morgan fingerprint density at radius 3 is 2.27 bits per heavy atom. The number of sulfonamides is 1. The molecular formula is C15H14F2N6O2S. The summed E-state index contributed by atoms with van der Waals surface area (Å²) in [6.45, 7) is 3.16. The van der Waals surface area contributed by atoms with Crippen molar-refractivity contribution in [1.29, 1.82) is 0 Å². The summed E-state index contributed by atoms with van der Waals surface area (Å²) in [6, 6.07) is 6.11. The van der Waals surface area contributed by atoms with E-state index in [2.05, 4.69) is 30.4 Å². The van der Waals surface area contributed by atoms with Crippen molar-refractivity contribution in [3.63, 3.8) is 0 Å². The Balaban J connectivity index is 1.76. The summed E-state index contributed by atoms with van der Waals surface area (Å²) < 4.78 is 53.3. The highest BCUT2D eigenvalue weighted by Crippen LogP contribution is 2.21. The number of hydrogen-bond acceptors (Lipinski definition) is 6. The van der Waals surface area contributed by atoms with Crippen LogP contribution in [0.3, 0.4) is 0 Å².